The van der Waals surface area contributed by atoms with Crippen LogP contribution in [-0.2, 0) is 11.3 Å². The summed E-state index contributed by atoms with van der Waals surface area (Å²) in [6.07, 6.45) is 3.53. The summed E-state index contributed by atoms with van der Waals surface area (Å²) in [6, 6.07) is 11.5. The van der Waals surface area contributed by atoms with Crippen LogP contribution in [0.2, 0.25) is 5.02 Å². The zero-order valence-electron chi connectivity index (χ0n) is 18.7. The predicted octanol–water partition coefficient (Wildman–Crippen LogP) is 3.66. The first-order valence-electron chi connectivity index (χ1n) is 11.2. The molecule has 1 N–H and O–H groups in total. The molecule has 35 heavy (non-hydrogen) atoms. The van der Waals surface area contributed by atoms with E-state index in [0.29, 0.717) is 40.2 Å². The Morgan fingerprint density at radius 3 is 2.74 bits per heavy atom. The predicted molar refractivity (Wildman–Crippen MR) is 126 cm³/mol. The molecule has 1 aromatic heterocycles. The molecule has 0 bridgehead atoms. The maximum atomic E-state index is 12.7. The van der Waals surface area contributed by atoms with E-state index in [2.05, 4.69) is 10.3 Å². The molecule has 1 fully saturated rings. The minimum absolute atomic E-state index is 0.00990. The number of rotatable bonds is 9. The lowest BCUT2D eigenvalue weighted by Crippen LogP contribution is -2.38. The van der Waals surface area contributed by atoms with Gasteiger partial charge in [-0.25, -0.2) is 4.98 Å². The summed E-state index contributed by atoms with van der Waals surface area (Å²) in [4.78, 5) is 43.3. The van der Waals surface area contributed by atoms with Gasteiger partial charge in [-0.05, 0) is 61.2 Å². The molecule has 2 aliphatic rings. The lowest BCUT2D eigenvalue weighted by molar-refractivity contribution is -0.121. The van der Waals surface area contributed by atoms with Gasteiger partial charge in [0, 0.05) is 17.1 Å². The number of hydrogen-bond donors (Lipinski definition) is 1. The summed E-state index contributed by atoms with van der Waals surface area (Å²) >= 11 is 5.87. The highest BCUT2D eigenvalue weighted by atomic mass is 35.5. The Hall–Kier alpha value is -3.85. The highest BCUT2D eigenvalue weighted by molar-refractivity contribution is 6.30. The molecule has 10 heteroatoms. The molecule has 0 saturated heterocycles. The van der Waals surface area contributed by atoms with E-state index in [0.717, 1.165) is 12.8 Å². The number of ketones is 1. The molecule has 2 amide bonds. The number of benzene rings is 2. The van der Waals surface area contributed by atoms with Gasteiger partial charge in [0.2, 0.25) is 5.89 Å². The van der Waals surface area contributed by atoms with Crippen molar-refractivity contribution in [1.82, 2.24) is 10.3 Å². The van der Waals surface area contributed by atoms with Crippen molar-refractivity contribution in [3.05, 3.63) is 70.9 Å². The third-order valence-electron chi connectivity index (χ3n) is 5.73. The number of nitrogens with zero attached hydrogens (tertiary/aromatic N) is 2. The highest BCUT2D eigenvalue weighted by Crippen LogP contribution is 2.34. The zero-order chi connectivity index (χ0) is 24.4. The second-order valence-corrected chi connectivity index (χ2v) is 8.83. The minimum atomic E-state index is -0.322. The molecule has 9 nitrogen and oxygen atoms in total. The first kappa shape index (κ1) is 22.9. The van der Waals surface area contributed by atoms with Crippen LogP contribution in [0.4, 0.5) is 5.69 Å². The fourth-order valence-electron chi connectivity index (χ4n) is 3.58. The minimum Gasteiger partial charge on any atom is -0.485 e. The number of carbonyl (C=O) groups is 3. The molecule has 2 aromatic carbocycles. The number of hydrogen-bond acceptors (Lipinski definition) is 7. The standard InChI is InChI=1S/C25H22ClN3O6/c26-17-4-6-18(7-5-17)33-13-21(30)16-3-8-22-20(9-16)29(24(31)14-34-22)11-23-28-19(12-35-23)25(32)27-10-15-1-2-15/h3-9,12,15H,1-2,10-11,13-14H2,(H,27,32). The van der Waals surface area contributed by atoms with Crippen molar-refractivity contribution in [2.75, 3.05) is 24.7 Å². The Labute approximate surface area is 206 Å². The van der Waals surface area contributed by atoms with Gasteiger partial charge in [-0.1, -0.05) is 11.6 Å². The third-order valence-corrected chi connectivity index (χ3v) is 5.99. The largest absolute Gasteiger partial charge is 0.485 e. The van der Waals surface area contributed by atoms with E-state index >= 15 is 0 Å². The summed E-state index contributed by atoms with van der Waals surface area (Å²) in [6.45, 7) is 0.266. The van der Waals surface area contributed by atoms with Gasteiger partial charge in [0.15, 0.2) is 24.7 Å². The number of aromatic nitrogens is 1. The Bertz CT molecular complexity index is 1270. The first-order chi connectivity index (χ1) is 17.0. The molecular formula is C25H22ClN3O6. The van der Waals surface area contributed by atoms with Crippen LogP contribution >= 0.6 is 11.6 Å². The van der Waals surface area contributed by atoms with Gasteiger partial charge >= 0.3 is 0 Å². The van der Waals surface area contributed by atoms with Crippen molar-refractivity contribution in [3.8, 4) is 11.5 Å². The van der Waals surface area contributed by atoms with Crippen molar-refractivity contribution in [2.45, 2.75) is 19.4 Å². The summed E-state index contributed by atoms with van der Waals surface area (Å²) in [5.41, 5.74) is 0.926. The number of fused-ring (bicyclic) bond motifs is 1. The number of halogens is 1. The highest BCUT2D eigenvalue weighted by Gasteiger charge is 2.29. The maximum absolute atomic E-state index is 12.7. The lowest BCUT2D eigenvalue weighted by atomic mass is 10.1. The normalized spacial score (nSPS) is 14.8. The second kappa shape index (κ2) is 9.79. The number of amides is 2. The monoisotopic (exact) mass is 495 g/mol. The molecular weight excluding hydrogens is 474 g/mol. The number of anilines is 1. The Morgan fingerprint density at radius 1 is 1.17 bits per heavy atom. The lowest BCUT2D eigenvalue weighted by Gasteiger charge is -2.28. The summed E-state index contributed by atoms with van der Waals surface area (Å²) in [5.74, 6) is 0.806. The van der Waals surface area contributed by atoms with Crippen LogP contribution in [-0.4, -0.2) is 42.3 Å². The third kappa shape index (κ3) is 5.46. The number of Topliss-reactive ketones (excluding diaryl/α,β-unsaturated/α-hetero) is 1. The molecule has 2 heterocycles. The Balaban J connectivity index is 1.28. The number of nitrogens with one attached hydrogen (secondary N) is 1. The van der Waals surface area contributed by atoms with Crippen molar-refractivity contribution in [3.63, 3.8) is 0 Å². The van der Waals surface area contributed by atoms with E-state index < -0.39 is 0 Å². The van der Waals surface area contributed by atoms with Gasteiger partial charge in [0.25, 0.3) is 11.8 Å². The van der Waals surface area contributed by atoms with Crippen LogP contribution in [0, 0.1) is 5.92 Å². The van der Waals surface area contributed by atoms with Crippen LogP contribution < -0.4 is 19.7 Å². The van der Waals surface area contributed by atoms with E-state index in [-0.39, 0.29) is 48.9 Å². The quantitative estimate of drug-likeness (QED) is 0.451. The molecule has 0 radical (unpaired) electrons. The average Bonchev–Trinajstić information content (AvgIpc) is 3.59. The SMILES string of the molecule is O=C(COc1ccc(Cl)cc1)c1ccc2c(c1)N(Cc1nc(C(=O)NCC3CC3)co1)C(=O)CO2. The van der Waals surface area contributed by atoms with E-state index in [4.69, 9.17) is 25.5 Å². The van der Waals surface area contributed by atoms with E-state index in [1.54, 1.807) is 42.5 Å². The van der Waals surface area contributed by atoms with Crippen LogP contribution in [0.3, 0.4) is 0 Å². The van der Waals surface area contributed by atoms with Gasteiger partial charge in [-0.3, -0.25) is 19.3 Å². The van der Waals surface area contributed by atoms with Crippen molar-refractivity contribution in [2.24, 2.45) is 5.92 Å². The molecule has 180 valence electrons. The molecule has 0 unspecified atom stereocenters. The molecule has 1 aliphatic carbocycles. The number of ether oxygens (including phenoxy) is 2. The van der Waals surface area contributed by atoms with Crippen LogP contribution in [0.5, 0.6) is 11.5 Å². The topological polar surface area (TPSA) is 111 Å². The van der Waals surface area contributed by atoms with Crippen LogP contribution in [0.25, 0.3) is 0 Å². The van der Waals surface area contributed by atoms with Gasteiger partial charge in [-0.2, -0.15) is 0 Å². The number of oxazole rings is 1. The van der Waals surface area contributed by atoms with Crippen LogP contribution in [0.1, 0.15) is 39.6 Å². The van der Waals surface area contributed by atoms with Crippen LogP contribution in [0.15, 0.2) is 53.1 Å². The number of carbonyl (C=O) groups excluding carboxylic acids is 3. The molecule has 0 spiro atoms. The molecule has 1 aliphatic heterocycles. The molecule has 5 rings (SSSR count). The summed E-state index contributed by atoms with van der Waals surface area (Å²) in [7, 11) is 0. The van der Waals surface area contributed by atoms with Crippen molar-refractivity contribution >= 4 is 34.9 Å². The van der Waals surface area contributed by atoms with E-state index in [1.807, 2.05) is 0 Å². The van der Waals surface area contributed by atoms with E-state index in [9.17, 15) is 14.4 Å². The maximum Gasteiger partial charge on any atom is 0.273 e. The van der Waals surface area contributed by atoms with Crippen molar-refractivity contribution < 1.29 is 28.3 Å². The summed E-state index contributed by atoms with van der Waals surface area (Å²) < 4.78 is 16.5. The van der Waals surface area contributed by atoms with Gasteiger partial charge in [-0.15, -0.1) is 0 Å². The fourth-order valence-corrected chi connectivity index (χ4v) is 3.71. The van der Waals surface area contributed by atoms with Gasteiger partial charge < -0.3 is 19.2 Å². The van der Waals surface area contributed by atoms with Gasteiger partial charge in [0.1, 0.15) is 24.3 Å². The fraction of sp³-hybridized carbons (Fsp3) is 0.280. The van der Waals surface area contributed by atoms with Crippen molar-refractivity contribution in [1.29, 1.82) is 0 Å². The Morgan fingerprint density at radius 2 is 1.97 bits per heavy atom. The average molecular weight is 496 g/mol. The van der Waals surface area contributed by atoms with E-state index in [1.165, 1.54) is 11.2 Å². The zero-order valence-corrected chi connectivity index (χ0v) is 19.4. The van der Waals surface area contributed by atoms with Gasteiger partial charge in [0.05, 0.1) is 5.69 Å². The molecule has 0 atom stereocenters. The summed E-state index contributed by atoms with van der Waals surface area (Å²) in [5, 5.41) is 3.40. The smallest absolute Gasteiger partial charge is 0.273 e. The Kier molecular flexibility index (Phi) is 6.41. The molecule has 1 saturated carbocycles. The second-order valence-electron chi connectivity index (χ2n) is 8.40. The first-order valence-corrected chi connectivity index (χ1v) is 11.6. The molecule has 3 aromatic rings.